The van der Waals surface area contributed by atoms with Gasteiger partial charge in [0.05, 0.1) is 17.7 Å². The van der Waals surface area contributed by atoms with Crippen LogP contribution in [0.15, 0.2) is 17.6 Å². The van der Waals surface area contributed by atoms with Gasteiger partial charge in [0.25, 0.3) is 0 Å². The molecule has 19 heavy (non-hydrogen) atoms. The Morgan fingerprint density at radius 1 is 1.32 bits per heavy atom. The fourth-order valence-electron chi connectivity index (χ4n) is 1.83. The zero-order valence-electron chi connectivity index (χ0n) is 10.6. The van der Waals surface area contributed by atoms with E-state index < -0.39 is 11.6 Å². The van der Waals surface area contributed by atoms with E-state index in [9.17, 15) is 8.78 Å². The first-order valence-electron chi connectivity index (χ1n) is 5.67. The molecule has 0 saturated heterocycles. The highest BCUT2D eigenvalue weighted by atomic mass is 35.5. The van der Waals surface area contributed by atoms with Crippen molar-refractivity contribution < 1.29 is 8.78 Å². The van der Waals surface area contributed by atoms with Crippen molar-refractivity contribution >= 4 is 28.6 Å². The molecule has 0 atom stereocenters. The van der Waals surface area contributed by atoms with Gasteiger partial charge in [-0.15, -0.1) is 22.9 Å². The number of hydrogen-bond acceptors (Lipinski definition) is 3. The fourth-order valence-corrected chi connectivity index (χ4v) is 2.82. The molecule has 2 rings (SSSR count). The maximum absolute atomic E-state index is 13.9. The summed E-state index contributed by atoms with van der Waals surface area (Å²) < 4.78 is 27.9. The molecule has 1 heterocycles. The van der Waals surface area contributed by atoms with Gasteiger partial charge in [-0.1, -0.05) is 0 Å². The summed E-state index contributed by atoms with van der Waals surface area (Å²) in [4.78, 5) is 6.66. The molecule has 0 N–H and O–H groups in total. The summed E-state index contributed by atoms with van der Waals surface area (Å²) in [5, 5.41) is 0. The molecular formula is C13H13ClF2N2S. The van der Waals surface area contributed by atoms with E-state index in [1.165, 1.54) is 23.5 Å². The van der Waals surface area contributed by atoms with E-state index in [4.69, 9.17) is 11.6 Å². The Labute approximate surface area is 119 Å². The zero-order valence-corrected chi connectivity index (χ0v) is 12.2. The number of aromatic nitrogens is 1. The SMILES string of the molecule is Cc1ncsc1CN(C)c1c(F)cc(CCl)cc1F. The van der Waals surface area contributed by atoms with Crippen molar-refractivity contribution in [1.29, 1.82) is 0 Å². The van der Waals surface area contributed by atoms with Gasteiger partial charge >= 0.3 is 0 Å². The summed E-state index contributed by atoms with van der Waals surface area (Å²) in [5.41, 5.74) is 3.00. The molecule has 2 aromatic rings. The minimum Gasteiger partial charge on any atom is -0.365 e. The van der Waals surface area contributed by atoms with Crippen molar-refractivity contribution in [2.24, 2.45) is 0 Å². The summed E-state index contributed by atoms with van der Waals surface area (Å²) in [6.07, 6.45) is 0. The van der Waals surface area contributed by atoms with E-state index in [2.05, 4.69) is 4.98 Å². The van der Waals surface area contributed by atoms with Crippen molar-refractivity contribution in [2.45, 2.75) is 19.3 Å². The number of thiazole rings is 1. The normalized spacial score (nSPS) is 10.8. The van der Waals surface area contributed by atoms with Crippen LogP contribution in [0.25, 0.3) is 0 Å². The molecule has 0 saturated carbocycles. The summed E-state index contributed by atoms with van der Waals surface area (Å²) in [6, 6.07) is 2.53. The average molecular weight is 303 g/mol. The number of anilines is 1. The molecule has 1 aromatic heterocycles. The molecular weight excluding hydrogens is 290 g/mol. The molecule has 0 aliphatic carbocycles. The van der Waals surface area contributed by atoms with Crippen molar-refractivity contribution in [3.63, 3.8) is 0 Å². The molecule has 2 nitrogen and oxygen atoms in total. The second-order valence-electron chi connectivity index (χ2n) is 4.26. The molecule has 0 fully saturated rings. The van der Waals surface area contributed by atoms with Crippen LogP contribution in [0.2, 0.25) is 0 Å². The lowest BCUT2D eigenvalue weighted by Gasteiger charge is -2.20. The third kappa shape index (κ3) is 3.04. The summed E-state index contributed by atoms with van der Waals surface area (Å²) in [7, 11) is 1.65. The quantitative estimate of drug-likeness (QED) is 0.790. The lowest BCUT2D eigenvalue weighted by molar-refractivity contribution is 0.574. The van der Waals surface area contributed by atoms with Gasteiger partial charge < -0.3 is 4.90 Å². The maximum Gasteiger partial charge on any atom is 0.149 e. The summed E-state index contributed by atoms with van der Waals surface area (Å²) in [6.45, 7) is 2.30. The van der Waals surface area contributed by atoms with E-state index in [1.54, 1.807) is 17.5 Å². The van der Waals surface area contributed by atoms with Crippen molar-refractivity contribution in [3.05, 3.63) is 45.4 Å². The summed E-state index contributed by atoms with van der Waals surface area (Å²) in [5.74, 6) is -1.10. The van der Waals surface area contributed by atoms with Crippen LogP contribution >= 0.6 is 22.9 Å². The van der Waals surface area contributed by atoms with Gasteiger partial charge in [0.1, 0.15) is 17.3 Å². The van der Waals surface area contributed by atoms with Gasteiger partial charge in [-0.05, 0) is 24.6 Å². The van der Waals surface area contributed by atoms with Crippen molar-refractivity contribution in [2.75, 3.05) is 11.9 Å². The number of alkyl halides is 1. The predicted molar refractivity (Wildman–Crippen MR) is 74.9 cm³/mol. The standard InChI is InChI=1S/C13H13ClF2N2S/c1-8-12(19-7-17-8)6-18(2)13-10(15)3-9(5-14)4-11(13)16/h3-4,7H,5-6H2,1-2H3. The van der Waals surface area contributed by atoms with Gasteiger partial charge in [0.15, 0.2) is 0 Å². The minimum atomic E-state index is -0.597. The van der Waals surface area contributed by atoms with Gasteiger partial charge in [-0.3, -0.25) is 0 Å². The van der Waals surface area contributed by atoms with Crippen LogP contribution in [0.3, 0.4) is 0 Å². The van der Waals surface area contributed by atoms with E-state index in [-0.39, 0.29) is 11.6 Å². The fraction of sp³-hybridized carbons (Fsp3) is 0.308. The lowest BCUT2D eigenvalue weighted by atomic mass is 10.2. The van der Waals surface area contributed by atoms with Crippen LogP contribution in [-0.4, -0.2) is 12.0 Å². The minimum absolute atomic E-state index is 0.0401. The van der Waals surface area contributed by atoms with Crippen LogP contribution in [0.1, 0.15) is 16.1 Å². The van der Waals surface area contributed by atoms with Crippen LogP contribution in [0.4, 0.5) is 14.5 Å². The first-order valence-corrected chi connectivity index (χ1v) is 7.08. The number of aryl methyl sites for hydroxylation is 1. The van der Waals surface area contributed by atoms with Crippen LogP contribution in [0, 0.1) is 18.6 Å². The molecule has 102 valence electrons. The molecule has 6 heteroatoms. The molecule has 0 amide bonds. The number of halogens is 3. The average Bonchev–Trinajstić information content (AvgIpc) is 2.74. The van der Waals surface area contributed by atoms with E-state index in [0.717, 1.165) is 10.6 Å². The largest absolute Gasteiger partial charge is 0.365 e. The zero-order chi connectivity index (χ0) is 14.0. The third-order valence-electron chi connectivity index (χ3n) is 2.84. The lowest BCUT2D eigenvalue weighted by Crippen LogP contribution is -2.19. The third-order valence-corrected chi connectivity index (χ3v) is 4.07. The Morgan fingerprint density at radius 3 is 2.42 bits per heavy atom. The first-order chi connectivity index (χ1) is 9.02. The molecule has 1 aromatic carbocycles. The van der Waals surface area contributed by atoms with Crippen LogP contribution in [0.5, 0.6) is 0 Å². The Kier molecular flexibility index (Phi) is 4.37. The number of benzene rings is 1. The topological polar surface area (TPSA) is 16.1 Å². The Bertz CT molecular complexity index is 563. The number of rotatable bonds is 4. The van der Waals surface area contributed by atoms with E-state index >= 15 is 0 Å². The molecule has 0 aliphatic rings. The van der Waals surface area contributed by atoms with Crippen molar-refractivity contribution in [1.82, 2.24) is 4.98 Å². The van der Waals surface area contributed by atoms with Crippen LogP contribution < -0.4 is 4.90 Å². The van der Waals surface area contributed by atoms with Gasteiger partial charge in [0, 0.05) is 17.8 Å². The van der Waals surface area contributed by atoms with Crippen molar-refractivity contribution in [3.8, 4) is 0 Å². The van der Waals surface area contributed by atoms with E-state index in [0.29, 0.717) is 12.1 Å². The predicted octanol–water partition coefficient (Wildman–Crippen LogP) is 4.10. The maximum atomic E-state index is 13.9. The van der Waals surface area contributed by atoms with Gasteiger partial charge in [-0.25, -0.2) is 13.8 Å². The second-order valence-corrected chi connectivity index (χ2v) is 5.47. The molecule has 0 aliphatic heterocycles. The molecule has 0 spiro atoms. The highest BCUT2D eigenvalue weighted by Gasteiger charge is 2.16. The van der Waals surface area contributed by atoms with E-state index in [1.807, 2.05) is 6.92 Å². The highest BCUT2D eigenvalue weighted by Crippen LogP contribution is 2.27. The number of hydrogen-bond donors (Lipinski definition) is 0. The highest BCUT2D eigenvalue weighted by molar-refractivity contribution is 7.09. The Hall–Kier alpha value is -1.20. The second kappa shape index (κ2) is 5.84. The number of nitrogens with zero attached hydrogens (tertiary/aromatic N) is 2. The summed E-state index contributed by atoms with van der Waals surface area (Å²) >= 11 is 7.06. The van der Waals surface area contributed by atoms with Crippen LogP contribution in [-0.2, 0) is 12.4 Å². The first kappa shape index (κ1) is 14.2. The molecule has 0 bridgehead atoms. The van der Waals surface area contributed by atoms with Gasteiger partial charge in [-0.2, -0.15) is 0 Å². The Balaban J connectivity index is 2.29. The Morgan fingerprint density at radius 2 is 1.95 bits per heavy atom. The molecule has 0 radical (unpaired) electrons. The van der Waals surface area contributed by atoms with Gasteiger partial charge in [0.2, 0.25) is 0 Å². The monoisotopic (exact) mass is 302 g/mol. The smallest absolute Gasteiger partial charge is 0.149 e. The molecule has 0 unspecified atom stereocenters.